The Labute approximate surface area is 167 Å². The Morgan fingerprint density at radius 3 is 2.59 bits per heavy atom. The van der Waals surface area contributed by atoms with Gasteiger partial charge in [-0.05, 0) is 32.0 Å². The predicted molar refractivity (Wildman–Crippen MR) is 108 cm³/mol. The number of fused-ring (bicyclic) bond motifs is 1. The van der Waals surface area contributed by atoms with Crippen LogP contribution in [0, 0.1) is 17.6 Å². The van der Waals surface area contributed by atoms with Gasteiger partial charge in [-0.1, -0.05) is 13.5 Å². The Bertz CT molecular complexity index is 1060. The highest BCUT2D eigenvalue weighted by molar-refractivity contribution is 5.80. The van der Waals surface area contributed by atoms with E-state index >= 15 is 0 Å². The van der Waals surface area contributed by atoms with Gasteiger partial charge in [0.2, 0.25) is 0 Å². The van der Waals surface area contributed by atoms with Crippen molar-refractivity contribution >= 4 is 16.7 Å². The molecule has 2 N–H and O–H groups in total. The van der Waals surface area contributed by atoms with Crippen LogP contribution in [0.1, 0.15) is 32.4 Å². The number of rotatable bonds is 5. The van der Waals surface area contributed by atoms with Gasteiger partial charge in [0, 0.05) is 35.0 Å². The van der Waals surface area contributed by atoms with Gasteiger partial charge >= 0.3 is 0 Å². The molecule has 1 aliphatic rings. The summed E-state index contributed by atoms with van der Waals surface area (Å²) < 4.78 is 35.2. The highest BCUT2D eigenvalue weighted by atomic mass is 19.1. The van der Waals surface area contributed by atoms with Crippen LogP contribution in [0.2, 0.25) is 0 Å². The maximum atomic E-state index is 14.9. The standard InChI is InChI=1S/C22H23F2N3O2/c1-12-13(2)27(14-5-6-18-19(7-14)26-11-25-18)21(12)20-16(23)8-15(9-17(20)24)29-10-22(3,4)28/h5-9,11-12,21,28H,2,10H2,1,3-4H3,(H,25,26)/t12-,21+/m1/s1. The van der Waals surface area contributed by atoms with E-state index in [4.69, 9.17) is 4.74 Å². The van der Waals surface area contributed by atoms with E-state index in [1.54, 1.807) is 20.2 Å². The average molecular weight is 399 g/mol. The molecule has 0 unspecified atom stereocenters. The molecule has 1 aromatic heterocycles. The van der Waals surface area contributed by atoms with Crippen molar-refractivity contribution in [2.24, 2.45) is 5.92 Å². The molecule has 0 radical (unpaired) electrons. The Kier molecular flexibility index (Phi) is 4.58. The summed E-state index contributed by atoms with van der Waals surface area (Å²) in [5.74, 6) is -1.46. The summed E-state index contributed by atoms with van der Waals surface area (Å²) in [6.07, 6.45) is 1.60. The van der Waals surface area contributed by atoms with E-state index in [1.165, 1.54) is 0 Å². The van der Waals surface area contributed by atoms with Crippen molar-refractivity contribution in [3.8, 4) is 5.75 Å². The number of aromatic amines is 1. The molecule has 0 aliphatic carbocycles. The lowest BCUT2D eigenvalue weighted by Crippen LogP contribution is -2.46. The van der Waals surface area contributed by atoms with Crippen LogP contribution in [0.3, 0.4) is 0 Å². The Hall–Kier alpha value is -2.93. The summed E-state index contributed by atoms with van der Waals surface area (Å²) in [6.45, 7) is 9.03. The van der Waals surface area contributed by atoms with Crippen LogP contribution in [0.15, 0.2) is 48.9 Å². The summed E-state index contributed by atoms with van der Waals surface area (Å²) in [7, 11) is 0. The third kappa shape index (κ3) is 3.46. The monoisotopic (exact) mass is 399 g/mol. The summed E-state index contributed by atoms with van der Waals surface area (Å²) in [4.78, 5) is 9.08. The molecule has 0 amide bonds. The van der Waals surface area contributed by atoms with E-state index in [0.29, 0.717) is 0 Å². The minimum atomic E-state index is -1.10. The van der Waals surface area contributed by atoms with Crippen LogP contribution in [-0.4, -0.2) is 27.3 Å². The quantitative estimate of drug-likeness (QED) is 0.653. The van der Waals surface area contributed by atoms with Crippen LogP contribution in [0.25, 0.3) is 11.0 Å². The molecule has 2 aromatic carbocycles. The molecule has 29 heavy (non-hydrogen) atoms. The maximum Gasteiger partial charge on any atom is 0.135 e. The molecule has 5 nitrogen and oxygen atoms in total. The summed E-state index contributed by atoms with van der Waals surface area (Å²) in [5, 5.41) is 9.76. The molecule has 4 rings (SSSR count). The third-order valence-corrected chi connectivity index (χ3v) is 5.21. The normalized spacial score (nSPS) is 19.5. The second-order valence-corrected chi connectivity index (χ2v) is 8.10. The fraction of sp³-hybridized carbons (Fsp3) is 0.318. The van der Waals surface area contributed by atoms with E-state index in [1.807, 2.05) is 30.0 Å². The average Bonchev–Trinajstić information content (AvgIpc) is 3.12. The van der Waals surface area contributed by atoms with Gasteiger partial charge in [0.1, 0.15) is 24.0 Å². The van der Waals surface area contributed by atoms with Crippen molar-refractivity contribution in [2.45, 2.75) is 32.4 Å². The van der Waals surface area contributed by atoms with Gasteiger partial charge in [0.25, 0.3) is 0 Å². The number of anilines is 1. The molecular weight excluding hydrogens is 376 g/mol. The van der Waals surface area contributed by atoms with Crippen LogP contribution in [-0.2, 0) is 0 Å². The first-order valence-electron chi connectivity index (χ1n) is 9.41. The largest absolute Gasteiger partial charge is 0.490 e. The summed E-state index contributed by atoms with van der Waals surface area (Å²) >= 11 is 0. The van der Waals surface area contributed by atoms with Crippen molar-refractivity contribution in [1.29, 1.82) is 0 Å². The van der Waals surface area contributed by atoms with Crippen molar-refractivity contribution in [1.82, 2.24) is 9.97 Å². The Balaban J connectivity index is 1.67. The van der Waals surface area contributed by atoms with Gasteiger partial charge in [-0.25, -0.2) is 13.8 Å². The van der Waals surface area contributed by atoms with Crippen molar-refractivity contribution in [3.05, 3.63) is 66.1 Å². The van der Waals surface area contributed by atoms with Crippen LogP contribution >= 0.6 is 0 Å². The first-order valence-corrected chi connectivity index (χ1v) is 9.41. The number of benzene rings is 2. The number of nitrogens with one attached hydrogen (secondary N) is 1. The Morgan fingerprint density at radius 2 is 1.93 bits per heavy atom. The van der Waals surface area contributed by atoms with Crippen LogP contribution < -0.4 is 9.64 Å². The van der Waals surface area contributed by atoms with Crippen LogP contribution in [0.5, 0.6) is 5.75 Å². The van der Waals surface area contributed by atoms with Gasteiger partial charge in [-0.2, -0.15) is 0 Å². The van der Waals surface area contributed by atoms with E-state index in [9.17, 15) is 13.9 Å². The Morgan fingerprint density at radius 1 is 1.24 bits per heavy atom. The number of aliphatic hydroxyl groups is 1. The number of hydrogen-bond acceptors (Lipinski definition) is 4. The summed E-state index contributed by atoms with van der Waals surface area (Å²) in [6, 6.07) is 7.41. The van der Waals surface area contributed by atoms with E-state index in [-0.39, 0.29) is 23.8 Å². The lowest BCUT2D eigenvalue weighted by Gasteiger charge is -2.50. The predicted octanol–water partition coefficient (Wildman–Crippen LogP) is 4.70. The molecule has 0 bridgehead atoms. The number of hydrogen-bond donors (Lipinski definition) is 2. The molecule has 1 aliphatic heterocycles. The van der Waals surface area contributed by atoms with Gasteiger partial charge in [0.05, 0.1) is 29.0 Å². The first kappa shape index (κ1) is 19.4. The molecule has 1 saturated heterocycles. The first-order chi connectivity index (χ1) is 13.7. The molecular formula is C22H23F2N3O2. The fourth-order valence-electron chi connectivity index (χ4n) is 3.69. The number of ether oxygens (including phenoxy) is 1. The molecule has 2 atom stereocenters. The molecule has 0 saturated carbocycles. The zero-order chi connectivity index (χ0) is 20.9. The molecule has 3 aromatic rings. The fourth-order valence-corrected chi connectivity index (χ4v) is 3.69. The van der Waals surface area contributed by atoms with Crippen molar-refractivity contribution < 1.29 is 18.6 Å². The van der Waals surface area contributed by atoms with E-state index < -0.39 is 23.3 Å². The highest BCUT2D eigenvalue weighted by Gasteiger charge is 2.44. The molecule has 1 fully saturated rings. The topological polar surface area (TPSA) is 61.4 Å². The minimum Gasteiger partial charge on any atom is -0.490 e. The smallest absolute Gasteiger partial charge is 0.135 e. The molecule has 2 heterocycles. The molecule has 0 spiro atoms. The number of halogens is 2. The summed E-state index contributed by atoms with van der Waals surface area (Å²) in [5.41, 5.74) is 2.10. The minimum absolute atomic E-state index is 0.0229. The van der Waals surface area contributed by atoms with Crippen molar-refractivity contribution in [3.63, 3.8) is 0 Å². The zero-order valence-electron chi connectivity index (χ0n) is 16.5. The van der Waals surface area contributed by atoms with Gasteiger partial charge < -0.3 is 19.7 Å². The lowest BCUT2D eigenvalue weighted by molar-refractivity contribution is 0.0282. The second kappa shape index (κ2) is 6.84. The van der Waals surface area contributed by atoms with Gasteiger partial charge in [0.15, 0.2) is 0 Å². The van der Waals surface area contributed by atoms with Crippen molar-refractivity contribution in [2.75, 3.05) is 11.5 Å². The SMILES string of the molecule is C=C1[C@@H](C)[C@@H](c2c(F)cc(OCC(C)(C)O)cc2F)N1c1ccc2nc[nH]c2c1. The number of imidazole rings is 1. The zero-order valence-corrected chi connectivity index (χ0v) is 16.5. The lowest BCUT2D eigenvalue weighted by atomic mass is 9.80. The number of nitrogens with zero attached hydrogens (tertiary/aromatic N) is 2. The molecule has 152 valence electrons. The van der Waals surface area contributed by atoms with Gasteiger partial charge in [-0.3, -0.25) is 0 Å². The van der Waals surface area contributed by atoms with Crippen LogP contribution in [0.4, 0.5) is 14.5 Å². The number of H-pyrrole nitrogens is 1. The number of aromatic nitrogens is 2. The van der Waals surface area contributed by atoms with E-state index in [0.717, 1.165) is 34.6 Å². The second-order valence-electron chi connectivity index (χ2n) is 8.10. The maximum absolute atomic E-state index is 14.9. The van der Waals surface area contributed by atoms with Gasteiger partial charge in [-0.15, -0.1) is 0 Å². The third-order valence-electron chi connectivity index (χ3n) is 5.21. The van der Waals surface area contributed by atoms with E-state index in [2.05, 4.69) is 16.5 Å². The highest BCUT2D eigenvalue weighted by Crippen LogP contribution is 2.50. The molecule has 7 heteroatoms.